The number of nitrogens with two attached hydrogens (primary N) is 1. The van der Waals surface area contributed by atoms with Crippen LogP contribution in [0.5, 0.6) is 5.75 Å². The van der Waals surface area contributed by atoms with Gasteiger partial charge in [0.15, 0.2) is 6.61 Å². The van der Waals surface area contributed by atoms with Crippen molar-refractivity contribution in [2.75, 3.05) is 6.61 Å². The molecule has 0 atom stereocenters. The Labute approximate surface area is 118 Å². The molecule has 0 aliphatic heterocycles. The third-order valence-corrected chi connectivity index (χ3v) is 2.08. The van der Waals surface area contributed by atoms with E-state index in [0.29, 0.717) is 5.75 Å². The summed E-state index contributed by atoms with van der Waals surface area (Å²) in [6.07, 6.45) is 3.01. The van der Waals surface area contributed by atoms with Gasteiger partial charge in [-0.1, -0.05) is 12.1 Å². The molecule has 1 amide bonds. The molecule has 1 aromatic carbocycles. The SMILES string of the molecule is CC(C)(C)OC(=O)/C=C/c1ccc(OCC(N)=O)cc1. The monoisotopic (exact) mass is 277 g/mol. The van der Waals surface area contributed by atoms with Crippen LogP contribution in [0.1, 0.15) is 26.3 Å². The molecule has 0 saturated carbocycles. The molecule has 0 radical (unpaired) electrons. The highest BCUT2D eigenvalue weighted by atomic mass is 16.6. The smallest absolute Gasteiger partial charge is 0.331 e. The Balaban J connectivity index is 2.56. The molecule has 1 aromatic rings. The number of esters is 1. The lowest BCUT2D eigenvalue weighted by atomic mass is 10.2. The van der Waals surface area contributed by atoms with Crippen LogP contribution in [0.3, 0.4) is 0 Å². The van der Waals surface area contributed by atoms with Crippen LogP contribution < -0.4 is 10.5 Å². The number of carbonyl (C=O) groups excluding carboxylic acids is 2. The van der Waals surface area contributed by atoms with E-state index < -0.39 is 17.5 Å². The lowest BCUT2D eigenvalue weighted by molar-refractivity contribution is -0.148. The van der Waals surface area contributed by atoms with E-state index in [1.807, 2.05) is 20.8 Å². The zero-order valence-electron chi connectivity index (χ0n) is 11.9. The van der Waals surface area contributed by atoms with E-state index in [1.165, 1.54) is 6.08 Å². The van der Waals surface area contributed by atoms with Crippen molar-refractivity contribution in [3.63, 3.8) is 0 Å². The Morgan fingerprint density at radius 2 is 1.80 bits per heavy atom. The van der Waals surface area contributed by atoms with Gasteiger partial charge in [-0.25, -0.2) is 4.79 Å². The van der Waals surface area contributed by atoms with Crippen LogP contribution in [-0.2, 0) is 14.3 Å². The summed E-state index contributed by atoms with van der Waals surface area (Å²) in [5, 5.41) is 0. The number of benzene rings is 1. The van der Waals surface area contributed by atoms with E-state index >= 15 is 0 Å². The molecule has 0 aliphatic carbocycles. The maximum Gasteiger partial charge on any atom is 0.331 e. The van der Waals surface area contributed by atoms with Crippen molar-refractivity contribution in [2.24, 2.45) is 5.73 Å². The molecule has 0 saturated heterocycles. The Kier molecular flexibility index (Phi) is 5.32. The molecule has 5 nitrogen and oxygen atoms in total. The lowest BCUT2D eigenvalue weighted by Crippen LogP contribution is -2.22. The van der Waals surface area contributed by atoms with Crippen molar-refractivity contribution >= 4 is 18.0 Å². The third-order valence-electron chi connectivity index (χ3n) is 2.08. The molecule has 0 aliphatic rings. The zero-order valence-corrected chi connectivity index (χ0v) is 11.9. The molecule has 0 aromatic heterocycles. The molecule has 0 spiro atoms. The second kappa shape index (κ2) is 6.75. The predicted molar refractivity (Wildman–Crippen MR) is 76.0 cm³/mol. The molecule has 5 heteroatoms. The first-order valence-electron chi connectivity index (χ1n) is 6.18. The fourth-order valence-electron chi connectivity index (χ4n) is 1.33. The van der Waals surface area contributed by atoms with Gasteiger partial charge in [0.25, 0.3) is 5.91 Å². The Hall–Kier alpha value is -2.30. The summed E-state index contributed by atoms with van der Waals surface area (Å²) in [6.45, 7) is 5.27. The van der Waals surface area contributed by atoms with Crippen LogP contribution in [0, 0.1) is 0 Å². The fraction of sp³-hybridized carbons (Fsp3) is 0.333. The molecular formula is C15H19NO4. The van der Waals surface area contributed by atoms with Gasteiger partial charge < -0.3 is 15.2 Å². The van der Waals surface area contributed by atoms with Crippen LogP contribution in [0.2, 0.25) is 0 Å². The average molecular weight is 277 g/mol. The number of hydrogen-bond donors (Lipinski definition) is 1. The maximum atomic E-state index is 11.5. The van der Waals surface area contributed by atoms with Gasteiger partial charge in [-0.15, -0.1) is 0 Å². The summed E-state index contributed by atoms with van der Waals surface area (Å²) in [5.41, 5.74) is 5.29. The average Bonchev–Trinajstić information content (AvgIpc) is 2.33. The van der Waals surface area contributed by atoms with Gasteiger partial charge in [-0.2, -0.15) is 0 Å². The molecule has 0 heterocycles. The van der Waals surface area contributed by atoms with Crippen molar-refractivity contribution in [2.45, 2.75) is 26.4 Å². The highest BCUT2D eigenvalue weighted by Gasteiger charge is 2.13. The van der Waals surface area contributed by atoms with E-state index in [2.05, 4.69) is 0 Å². The number of primary amides is 1. The van der Waals surface area contributed by atoms with Crippen molar-refractivity contribution in [1.82, 2.24) is 0 Å². The maximum absolute atomic E-state index is 11.5. The van der Waals surface area contributed by atoms with Gasteiger partial charge in [-0.05, 0) is 44.5 Å². The Bertz CT molecular complexity index is 498. The summed E-state index contributed by atoms with van der Waals surface area (Å²) >= 11 is 0. The second-order valence-corrected chi connectivity index (χ2v) is 5.19. The zero-order chi connectivity index (χ0) is 15.2. The van der Waals surface area contributed by atoms with Crippen LogP contribution in [-0.4, -0.2) is 24.1 Å². The van der Waals surface area contributed by atoms with Crippen molar-refractivity contribution < 1.29 is 19.1 Å². The van der Waals surface area contributed by atoms with E-state index in [0.717, 1.165) is 5.56 Å². The summed E-state index contributed by atoms with van der Waals surface area (Å²) < 4.78 is 10.3. The Morgan fingerprint density at radius 1 is 1.20 bits per heavy atom. The van der Waals surface area contributed by atoms with Crippen LogP contribution in [0.25, 0.3) is 6.08 Å². The quantitative estimate of drug-likeness (QED) is 0.658. The summed E-state index contributed by atoms with van der Waals surface area (Å²) in [5.74, 6) is -0.385. The predicted octanol–water partition coefficient (Wildman–Crippen LogP) is 1.91. The molecular weight excluding hydrogens is 258 g/mol. The lowest BCUT2D eigenvalue weighted by Gasteiger charge is -2.17. The summed E-state index contributed by atoms with van der Waals surface area (Å²) in [4.78, 5) is 22.1. The van der Waals surface area contributed by atoms with Crippen LogP contribution >= 0.6 is 0 Å². The van der Waals surface area contributed by atoms with E-state index in [9.17, 15) is 9.59 Å². The normalized spacial score (nSPS) is 11.3. The van der Waals surface area contributed by atoms with Crippen molar-refractivity contribution in [3.8, 4) is 5.75 Å². The first-order valence-corrected chi connectivity index (χ1v) is 6.18. The number of carbonyl (C=O) groups is 2. The molecule has 0 fully saturated rings. The standard InChI is InChI=1S/C15H19NO4/c1-15(2,3)20-14(18)9-6-11-4-7-12(8-5-11)19-10-13(16)17/h4-9H,10H2,1-3H3,(H2,16,17)/b9-6+. The van der Waals surface area contributed by atoms with Crippen LogP contribution in [0.15, 0.2) is 30.3 Å². The third kappa shape index (κ3) is 6.58. The first kappa shape index (κ1) is 15.8. The van der Waals surface area contributed by atoms with Gasteiger partial charge in [0.05, 0.1) is 0 Å². The molecule has 0 bridgehead atoms. The minimum atomic E-state index is -0.529. The highest BCUT2D eigenvalue weighted by molar-refractivity contribution is 5.87. The summed E-state index contributed by atoms with van der Waals surface area (Å²) in [7, 11) is 0. The molecule has 108 valence electrons. The van der Waals surface area contributed by atoms with Gasteiger partial charge in [0.2, 0.25) is 0 Å². The Morgan fingerprint density at radius 3 is 2.30 bits per heavy atom. The van der Waals surface area contributed by atoms with E-state index in [-0.39, 0.29) is 6.61 Å². The van der Waals surface area contributed by atoms with Gasteiger partial charge >= 0.3 is 5.97 Å². The first-order chi connectivity index (χ1) is 9.26. The second-order valence-electron chi connectivity index (χ2n) is 5.19. The molecule has 2 N–H and O–H groups in total. The molecule has 0 unspecified atom stereocenters. The number of amides is 1. The fourth-order valence-corrected chi connectivity index (χ4v) is 1.33. The largest absolute Gasteiger partial charge is 0.484 e. The number of ether oxygens (including phenoxy) is 2. The topological polar surface area (TPSA) is 78.6 Å². The molecule has 1 rings (SSSR count). The summed E-state index contributed by atoms with van der Waals surface area (Å²) in [6, 6.07) is 6.91. The van der Waals surface area contributed by atoms with Crippen molar-refractivity contribution in [3.05, 3.63) is 35.9 Å². The molecule has 20 heavy (non-hydrogen) atoms. The number of hydrogen-bond acceptors (Lipinski definition) is 4. The highest BCUT2D eigenvalue weighted by Crippen LogP contribution is 2.13. The minimum Gasteiger partial charge on any atom is -0.484 e. The van der Waals surface area contributed by atoms with Gasteiger partial charge in [0.1, 0.15) is 11.4 Å². The van der Waals surface area contributed by atoms with Gasteiger partial charge in [0, 0.05) is 6.08 Å². The van der Waals surface area contributed by atoms with Gasteiger partial charge in [-0.3, -0.25) is 4.79 Å². The van der Waals surface area contributed by atoms with E-state index in [1.54, 1.807) is 30.3 Å². The van der Waals surface area contributed by atoms with E-state index in [4.69, 9.17) is 15.2 Å². The minimum absolute atomic E-state index is 0.160. The van der Waals surface area contributed by atoms with Crippen molar-refractivity contribution in [1.29, 1.82) is 0 Å². The number of rotatable bonds is 5. The van der Waals surface area contributed by atoms with Crippen LogP contribution in [0.4, 0.5) is 0 Å².